The first-order valence-corrected chi connectivity index (χ1v) is 5.24. The monoisotopic (exact) mass is 200 g/mol. The largest absolute Gasteiger partial charge is 0.264 e. The fourth-order valence-electron chi connectivity index (χ4n) is 1.72. The van der Waals surface area contributed by atoms with Crippen LogP contribution in [-0.4, -0.2) is 9.97 Å². The summed E-state index contributed by atoms with van der Waals surface area (Å²) in [6.07, 6.45) is 6.58. The molecule has 0 spiro atoms. The van der Waals surface area contributed by atoms with Crippen LogP contribution in [0.2, 0.25) is 0 Å². The Morgan fingerprint density at radius 2 is 1.93 bits per heavy atom. The van der Waals surface area contributed by atoms with E-state index in [2.05, 4.69) is 30.7 Å². The van der Waals surface area contributed by atoms with Gasteiger partial charge in [0.2, 0.25) is 0 Å². The van der Waals surface area contributed by atoms with Crippen LogP contribution in [0.5, 0.6) is 0 Å². The zero-order chi connectivity index (χ0) is 10.9. The van der Waals surface area contributed by atoms with Gasteiger partial charge in [-0.05, 0) is 24.0 Å². The SMILES string of the molecule is CC(C)(C)Cc1nccc2cnccc12. The second-order valence-corrected chi connectivity index (χ2v) is 5.09. The van der Waals surface area contributed by atoms with Gasteiger partial charge >= 0.3 is 0 Å². The lowest BCUT2D eigenvalue weighted by Crippen LogP contribution is -2.10. The summed E-state index contributed by atoms with van der Waals surface area (Å²) in [6, 6.07) is 4.05. The summed E-state index contributed by atoms with van der Waals surface area (Å²) in [5.41, 5.74) is 1.44. The summed E-state index contributed by atoms with van der Waals surface area (Å²) in [7, 11) is 0. The molecule has 0 amide bonds. The minimum atomic E-state index is 0.268. The lowest BCUT2D eigenvalue weighted by molar-refractivity contribution is 0.408. The van der Waals surface area contributed by atoms with Crippen LogP contribution in [0.1, 0.15) is 26.5 Å². The summed E-state index contributed by atoms with van der Waals surface area (Å²) < 4.78 is 0. The van der Waals surface area contributed by atoms with Crippen LogP contribution in [0.25, 0.3) is 10.8 Å². The van der Waals surface area contributed by atoms with Crippen molar-refractivity contribution >= 4 is 10.8 Å². The normalized spacial score (nSPS) is 11.9. The van der Waals surface area contributed by atoms with Crippen molar-refractivity contribution in [3.8, 4) is 0 Å². The van der Waals surface area contributed by atoms with E-state index in [-0.39, 0.29) is 5.41 Å². The number of hydrogen-bond acceptors (Lipinski definition) is 2. The van der Waals surface area contributed by atoms with Crippen molar-refractivity contribution in [2.24, 2.45) is 5.41 Å². The molecule has 0 aliphatic rings. The van der Waals surface area contributed by atoms with E-state index in [1.54, 1.807) is 0 Å². The molecule has 0 aliphatic heterocycles. The lowest BCUT2D eigenvalue weighted by atomic mass is 9.89. The molecule has 2 heterocycles. The molecule has 0 N–H and O–H groups in total. The van der Waals surface area contributed by atoms with Crippen molar-refractivity contribution in [3.63, 3.8) is 0 Å². The molecular weight excluding hydrogens is 184 g/mol. The molecule has 2 nitrogen and oxygen atoms in total. The predicted octanol–water partition coefficient (Wildman–Crippen LogP) is 3.22. The molecule has 0 aliphatic carbocycles. The first-order valence-electron chi connectivity index (χ1n) is 5.24. The summed E-state index contributed by atoms with van der Waals surface area (Å²) in [6.45, 7) is 6.69. The van der Waals surface area contributed by atoms with Gasteiger partial charge in [-0.2, -0.15) is 0 Å². The zero-order valence-electron chi connectivity index (χ0n) is 9.49. The highest BCUT2D eigenvalue weighted by atomic mass is 14.7. The highest BCUT2D eigenvalue weighted by molar-refractivity contribution is 5.83. The maximum atomic E-state index is 4.46. The molecule has 2 aromatic heterocycles. The van der Waals surface area contributed by atoms with E-state index < -0.39 is 0 Å². The molecule has 78 valence electrons. The minimum absolute atomic E-state index is 0.268. The Morgan fingerprint density at radius 3 is 2.67 bits per heavy atom. The quantitative estimate of drug-likeness (QED) is 0.706. The second kappa shape index (κ2) is 3.61. The Morgan fingerprint density at radius 1 is 1.13 bits per heavy atom. The Balaban J connectivity index is 2.52. The van der Waals surface area contributed by atoms with Gasteiger partial charge in [-0.25, -0.2) is 0 Å². The summed E-state index contributed by atoms with van der Waals surface area (Å²) in [4.78, 5) is 8.59. The van der Waals surface area contributed by atoms with Crippen molar-refractivity contribution in [2.75, 3.05) is 0 Å². The molecule has 2 heteroatoms. The maximum absolute atomic E-state index is 4.46. The standard InChI is InChI=1S/C13H16N2/c1-13(2,3)8-12-11-5-6-14-9-10(11)4-7-15-12/h4-7,9H,8H2,1-3H3. The fourth-order valence-corrected chi connectivity index (χ4v) is 1.72. The first-order chi connectivity index (χ1) is 7.06. The molecule has 2 aromatic rings. The van der Waals surface area contributed by atoms with Gasteiger partial charge in [0.25, 0.3) is 0 Å². The third-order valence-electron chi connectivity index (χ3n) is 2.35. The van der Waals surface area contributed by atoms with E-state index in [1.165, 1.54) is 16.5 Å². The smallest absolute Gasteiger partial charge is 0.0488 e. The molecule has 0 unspecified atom stereocenters. The topological polar surface area (TPSA) is 25.8 Å². The molecule has 15 heavy (non-hydrogen) atoms. The highest BCUT2D eigenvalue weighted by Gasteiger charge is 2.13. The minimum Gasteiger partial charge on any atom is -0.264 e. The maximum Gasteiger partial charge on any atom is 0.0488 e. The number of aromatic nitrogens is 2. The zero-order valence-corrected chi connectivity index (χ0v) is 9.49. The third-order valence-corrected chi connectivity index (χ3v) is 2.35. The van der Waals surface area contributed by atoms with Crippen molar-refractivity contribution < 1.29 is 0 Å². The molecule has 0 radical (unpaired) electrons. The molecular formula is C13H16N2. The van der Waals surface area contributed by atoms with Crippen LogP contribution in [0.3, 0.4) is 0 Å². The molecule has 0 atom stereocenters. The van der Waals surface area contributed by atoms with E-state index in [0.717, 1.165) is 6.42 Å². The van der Waals surface area contributed by atoms with Gasteiger partial charge in [-0.15, -0.1) is 0 Å². The van der Waals surface area contributed by atoms with Crippen LogP contribution in [0, 0.1) is 5.41 Å². The second-order valence-electron chi connectivity index (χ2n) is 5.09. The molecule has 0 bridgehead atoms. The van der Waals surface area contributed by atoms with Crippen molar-refractivity contribution in [1.82, 2.24) is 9.97 Å². The van der Waals surface area contributed by atoms with Crippen LogP contribution < -0.4 is 0 Å². The first kappa shape index (κ1) is 10.1. The van der Waals surface area contributed by atoms with E-state index >= 15 is 0 Å². The Hall–Kier alpha value is -1.44. The van der Waals surface area contributed by atoms with Gasteiger partial charge < -0.3 is 0 Å². The van der Waals surface area contributed by atoms with Gasteiger partial charge in [0.1, 0.15) is 0 Å². The highest BCUT2D eigenvalue weighted by Crippen LogP contribution is 2.24. The Bertz CT molecular complexity index is 464. The van der Waals surface area contributed by atoms with Gasteiger partial charge in [-0.1, -0.05) is 20.8 Å². The van der Waals surface area contributed by atoms with Crippen LogP contribution in [0.4, 0.5) is 0 Å². The van der Waals surface area contributed by atoms with Crippen molar-refractivity contribution in [2.45, 2.75) is 27.2 Å². The van der Waals surface area contributed by atoms with Gasteiger partial charge in [0.05, 0.1) is 0 Å². The Labute approximate surface area is 90.4 Å². The summed E-state index contributed by atoms with van der Waals surface area (Å²) in [5, 5.41) is 2.40. The number of pyridine rings is 2. The average molecular weight is 200 g/mol. The molecule has 0 saturated carbocycles. The summed E-state index contributed by atoms with van der Waals surface area (Å²) in [5.74, 6) is 0. The average Bonchev–Trinajstić information content (AvgIpc) is 2.16. The molecule has 0 aromatic carbocycles. The van der Waals surface area contributed by atoms with E-state index in [9.17, 15) is 0 Å². The van der Waals surface area contributed by atoms with E-state index in [1.807, 2.05) is 30.7 Å². The fraction of sp³-hybridized carbons (Fsp3) is 0.385. The van der Waals surface area contributed by atoms with Crippen LogP contribution >= 0.6 is 0 Å². The lowest BCUT2D eigenvalue weighted by Gasteiger charge is -2.18. The third kappa shape index (κ3) is 2.32. The van der Waals surface area contributed by atoms with Gasteiger partial charge in [0.15, 0.2) is 0 Å². The van der Waals surface area contributed by atoms with Crippen molar-refractivity contribution in [3.05, 3.63) is 36.4 Å². The van der Waals surface area contributed by atoms with Gasteiger partial charge in [-0.3, -0.25) is 9.97 Å². The van der Waals surface area contributed by atoms with Gasteiger partial charge in [0, 0.05) is 35.1 Å². The van der Waals surface area contributed by atoms with Crippen LogP contribution in [0.15, 0.2) is 30.7 Å². The van der Waals surface area contributed by atoms with Crippen molar-refractivity contribution in [1.29, 1.82) is 0 Å². The molecule has 0 fully saturated rings. The molecule has 2 rings (SSSR count). The number of fused-ring (bicyclic) bond motifs is 1. The molecule has 0 saturated heterocycles. The van der Waals surface area contributed by atoms with E-state index in [4.69, 9.17) is 0 Å². The summed E-state index contributed by atoms with van der Waals surface area (Å²) >= 11 is 0. The number of rotatable bonds is 1. The Kier molecular flexibility index (Phi) is 2.43. The van der Waals surface area contributed by atoms with E-state index in [0.29, 0.717) is 0 Å². The predicted molar refractivity (Wildman–Crippen MR) is 62.7 cm³/mol. The number of nitrogens with zero attached hydrogens (tertiary/aromatic N) is 2. The number of hydrogen-bond donors (Lipinski definition) is 0. The van der Waals surface area contributed by atoms with Crippen LogP contribution in [-0.2, 0) is 6.42 Å².